The van der Waals surface area contributed by atoms with Gasteiger partial charge in [0.25, 0.3) is 5.91 Å². The monoisotopic (exact) mass is 236 g/mol. The highest BCUT2D eigenvalue weighted by Gasteiger charge is 2.29. The van der Waals surface area contributed by atoms with Gasteiger partial charge >= 0.3 is 0 Å². The lowest BCUT2D eigenvalue weighted by Gasteiger charge is -2.16. The van der Waals surface area contributed by atoms with E-state index in [2.05, 4.69) is 5.10 Å². The van der Waals surface area contributed by atoms with E-state index in [0.717, 1.165) is 36.5 Å². The van der Waals surface area contributed by atoms with Crippen LogP contribution in [-0.2, 0) is 7.05 Å². The van der Waals surface area contributed by atoms with Crippen LogP contribution in [0.2, 0.25) is 0 Å². The number of hydrogen-bond donors (Lipinski definition) is 1. The number of amides is 1. The third-order valence-corrected chi connectivity index (χ3v) is 3.63. The number of rotatable bonds is 2. The molecule has 1 fully saturated rings. The zero-order valence-electron chi connectivity index (χ0n) is 10.7. The van der Waals surface area contributed by atoms with E-state index in [1.807, 2.05) is 25.8 Å². The van der Waals surface area contributed by atoms with Crippen LogP contribution in [0.15, 0.2) is 0 Å². The molecule has 0 saturated carbocycles. The molecule has 1 aromatic rings. The molecule has 0 aromatic carbocycles. The number of nitrogens with two attached hydrogens (primary N) is 1. The summed E-state index contributed by atoms with van der Waals surface area (Å²) in [5, 5.41) is 4.29. The number of aryl methyl sites for hydroxylation is 2. The molecule has 1 atom stereocenters. The van der Waals surface area contributed by atoms with Crippen molar-refractivity contribution < 1.29 is 4.79 Å². The number of nitrogens with zero attached hydrogens (tertiary/aromatic N) is 3. The summed E-state index contributed by atoms with van der Waals surface area (Å²) in [7, 11) is 1.87. The summed E-state index contributed by atoms with van der Waals surface area (Å²) in [5.41, 5.74) is 8.14. The second-order valence-electron chi connectivity index (χ2n) is 4.81. The summed E-state index contributed by atoms with van der Waals surface area (Å²) in [6, 6.07) is 0. The van der Waals surface area contributed by atoms with Crippen molar-refractivity contribution in [3.63, 3.8) is 0 Å². The second-order valence-corrected chi connectivity index (χ2v) is 4.81. The molecule has 5 nitrogen and oxygen atoms in total. The zero-order chi connectivity index (χ0) is 12.6. The first-order chi connectivity index (χ1) is 8.04. The lowest BCUT2D eigenvalue weighted by atomic mass is 10.1. The predicted octanol–water partition coefficient (Wildman–Crippen LogP) is 0.458. The Bertz CT molecular complexity index is 438. The minimum atomic E-state index is 0.101. The van der Waals surface area contributed by atoms with E-state index in [1.165, 1.54) is 0 Å². The number of carbonyl (C=O) groups excluding carboxylic acids is 1. The van der Waals surface area contributed by atoms with Crippen molar-refractivity contribution in [1.29, 1.82) is 0 Å². The van der Waals surface area contributed by atoms with Crippen LogP contribution >= 0.6 is 0 Å². The van der Waals surface area contributed by atoms with Crippen molar-refractivity contribution in [3.8, 4) is 0 Å². The third-order valence-electron chi connectivity index (χ3n) is 3.63. The Morgan fingerprint density at radius 2 is 2.24 bits per heavy atom. The first-order valence-corrected chi connectivity index (χ1v) is 6.04. The Morgan fingerprint density at radius 3 is 2.71 bits per heavy atom. The first-order valence-electron chi connectivity index (χ1n) is 6.04. The van der Waals surface area contributed by atoms with Crippen molar-refractivity contribution in [3.05, 3.63) is 17.0 Å². The molecule has 0 radical (unpaired) electrons. The Morgan fingerprint density at radius 1 is 1.53 bits per heavy atom. The minimum absolute atomic E-state index is 0.101. The summed E-state index contributed by atoms with van der Waals surface area (Å²) in [6.07, 6.45) is 1.01. The van der Waals surface area contributed by atoms with Crippen LogP contribution in [0.3, 0.4) is 0 Å². The van der Waals surface area contributed by atoms with Crippen LogP contribution in [0.1, 0.15) is 28.2 Å². The summed E-state index contributed by atoms with van der Waals surface area (Å²) in [4.78, 5) is 14.3. The molecule has 2 N–H and O–H groups in total. The number of likely N-dealkylation sites (tertiary alicyclic amines) is 1. The van der Waals surface area contributed by atoms with Gasteiger partial charge in [0, 0.05) is 25.8 Å². The molecule has 94 valence electrons. The molecule has 1 aliphatic rings. The maximum atomic E-state index is 12.4. The van der Waals surface area contributed by atoms with Gasteiger partial charge in [-0.3, -0.25) is 9.48 Å². The van der Waals surface area contributed by atoms with E-state index in [0.29, 0.717) is 12.5 Å². The van der Waals surface area contributed by atoms with Gasteiger partial charge in [0.15, 0.2) is 0 Å². The van der Waals surface area contributed by atoms with Gasteiger partial charge in [0.1, 0.15) is 0 Å². The second kappa shape index (κ2) is 4.49. The molecule has 5 heteroatoms. The molecular formula is C12H20N4O. The van der Waals surface area contributed by atoms with E-state index < -0.39 is 0 Å². The van der Waals surface area contributed by atoms with Gasteiger partial charge in [-0.25, -0.2) is 0 Å². The van der Waals surface area contributed by atoms with Crippen molar-refractivity contribution in [2.24, 2.45) is 18.7 Å². The SMILES string of the molecule is Cc1nn(C)c(C)c1C(=O)N1CCC(CN)C1. The van der Waals surface area contributed by atoms with Gasteiger partial charge in [0.05, 0.1) is 11.3 Å². The highest BCUT2D eigenvalue weighted by Crippen LogP contribution is 2.20. The maximum Gasteiger partial charge on any atom is 0.257 e. The fourth-order valence-corrected chi connectivity index (χ4v) is 2.45. The summed E-state index contributed by atoms with van der Waals surface area (Å²) >= 11 is 0. The summed E-state index contributed by atoms with van der Waals surface area (Å²) < 4.78 is 1.76. The number of hydrogen-bond acceptors (Lipinski definition) is 3. The van der Waals surface area contributed by atoms with Gasteiger partial charge < -0.3 is 10.6 Å². The summed E-state index contributed by atoms with van der Waals surface area (Å²) in [5.74, 6) is 0.556. The van der Waals surface area contributed by atoms with Gasteiger partial charge in [0.2, 0.25) is 0 Å². The van der Waals surface area contributed by atoms with Crippen molar-refractivity contribution in [2.75, 3.05) is 19.6 Å². The summed E-state index contributed by atoms with van der Waals surface area (Å²) in [6.45, 7) is 6.08. The Kier molecular flexibility index (Phi) is 3.19. The topological polar surface area (TPSA) is 64.2 Å². The maximum absolute atomic E-state index is 12.4. The van der Waals surface area contributed by atoms with E-state index in [4.69, 9.17) is 5.73 Å². The highest BCUT2D eigenvalue weighted by molar-refractivity contribution is 5.96. The third kappa shape index (κ3) is 2.07. The fraction of sp³-hybridized carbons (Fsp3) is 0.667. The molecule has 1 aromatic heterocycles. The van der Waals surface area contributed by atoms with Crippen LogP contribution in [0.25, 0.3) is 0 Å². The van der Waals surface area contributed by atoms with E-state index in [1.54, 1.807) is 4.68 Å². The molecule has 1 aliphatic heterocycles. The van der Waals surface area contributed by atoms with Gasteiger partial charge in [-0.15, -0.1) is 0 Å². The van der Waals surface area contributed by atoms with Crippen LogP contribution in [0.4, 0.5) is 0 Å². The molecule has 1 amide bonds. The molecular weight excluding hydrogens is 216 g/mol. The van der Waals surface area contributed by atoms with Crippen LogP contribution < -0.4 is 5.73 Å². The number of aromatic nitrogens is 2. The average Bonchev–Trinajstić information content (AvgIpc) is 2.85. The first kappa shape index (κ1) is 12.1. The molecule has 0 aliphatic carbocycles. The zero-order valence-corrected chi connectivity index (χ0v) is 10.7. The molecule has 2 rings (SSSR count). The van der Waals surface area contributed by atoms with E-state index in [9.17, 15) is 4.79 Å². The molecule has 2 heterocycles. The molecule has 0 spiro atoms. The van der Waals surface area contributed by atoms with Crippen LogP contribution in [-0.4, -0.2) is 40.2 Å². The Hall–Kier alpha value is -1.36. The van der Waals surface area contributed by atoms with Crippen molar-refractivity contribution in [1.82, 2.24) is 14.7 Å². The molecule has 17 heavy (non-hydrogen) atoms. The van der Waals surface area contributed by atoms with Gasteiger partial charge in [-0.2, -0.15) is 5.10 Å². The fourth-order valence-electron chi connectivity index (χ4n) is 2.45. The molecule has 1 unspecified atom stereocenters. The largest absolute Gasteiger partial charge is 0.338 e. The highest BCUT2D eigenvalue weighted by atomic mass is 16.2. The molecule has 0 bridgehead atoms. The lowest BCUT2D eigenvalue weighted by Crippen LogP contribution is -2.30. The van der Waals surface area contributed by atoms with E-state index in [-0.39, 0.29) is 5.91 Å². The average molecular weight is 236 g/mol. The van der Waals surface area contributed by atoms with Crippen LogP contribution in [0, 0.1) is 19.8 Å². The Balaban J connectivity index is 2.20. The Labute approximate surface area is 102 Å². The standard InChI is InChI=1S/C12H20N4O/c1-8-11(9(2)15(3)14-8)12(17)16-5-4-10(6-13)7-16/h10H,4-7,13H2,1-3H3. The van der Waals surface area contributed by atoms with Crippen molar-refractivity contribution in [2.45, 2.75) is 20.3 Å². The van der Waals surface area contributed by atoms with Gasteiger partial charge in [-0.05, 0) is 32.7 Å². The minimum Gasteiger partial charge on any atom is -0.338 e. The predicted molar refractivity (Wildman–Crippen MR) is 65.7 cm³/mol. The van der Waals surface area contributed by atoms with Crippen molar-refractivity contribution >= 4 is 5.91 Å². The molecule has 1 saturated heterocycles. The number of carbonyl (C=O) groups is 1. The van der Waals surface area contributed by atoms with Crippen LogP contribution in [0.5, 0.6) is 0 Å². The van der Waals surface area contributed by atoms with E-state index >= 15 is 0 Å². The van der Waals surface area contributed by atoms with Gasteiger partial charge in [-0.1, -0.05) is 0 Å². The quantitative estimate of drug-likeness (QED) is 0.811. The lowest BCUT2D eigenvalue weighted by molar-refractivity contribution is 0.0786. The normalized spacial score (nSPS) is 20.0. The smallest absolute Gasteiger partial charge is 0.257 e.